The summed E-state index contributed by atoms with van der Waals surface area (Å²) < 4.78 is 10.8. The number of ether oxygens (including phenoxy) is 2. The van der Waals surface area contributed by atoms with Gasteiger partial charge in [0.25, 0.3) is 5.91 Å². The molecule has 0 radical (unpaired) electrons. The Hall–Kier alpha value is -5.53. The van der Waals surface area contributed by atoms with Gasteiger partial charge in [0.1, 0.15) is 31.3 Å². The zero-order valence-electron chi connectivity index (χ0n) is 31.3. The number of benzene rings is 2. The maximum Gasteiger partial charge on any atom is 0.408 e. The molecule has 1 aliphatic rings. The quantitative estimate of drug-likeness (QED) is 0.0842. The van der Waals surface area contributed by atoms with E-state index in [-0.39, 0.29) is 57.9 Å². The van der Waals surface area contributed by atoms with Crippen molar-refractivity contribution < 1.29 is 43.0 Å². The minimum Gasteiger partial charge on any atom is -0.459 e. The lowest BCUT2D eigenvalue weighted by Crippen LogP contribution is -2.57. The Balaban J connectivity index is 1.60. The number of hydrogen-bond acceptors (Lipinski definition) is 9. The third-order valence-electron chi connectivity index (χ3n) is 8.84. The van der Waals surface area contributed by atoms with E-state index in [2.05, 4.69) is 27.8 Å². The molecule has 14 nitrogen and oxygen atoms in total. The highest BCUT2D eigenvalue weighted by Crippen LogP contribution is 2.21. The Morgan fingerprint density at radius 2 is 1.48 bits per heavy atom. The predicted molar refractivity (Wildman–Crippen MR) is 200 cm³/mol. The van der Waals surface area contributed by atoms with Gasteiger partial charge < -0.3 is 35.6 Å². The minimum atomic E-state index is -1.10. The first-order valence-electron chi connectivity index (χ1n) is 18.5. The number of esters is 1. The Labute approximate surface area is 316 Å². The largest absolute Gasteiger partial charge is 0.459 e. The SMILES string of the molecule is C=CCNC(=O)C(=O)[C@H](CCC)NC(=O)[C@@H]1CCCN1C(=O)[C@@H](NC(=O)CCC[C@H](NC(=O)OCc1ccccc1)C(=O)OCc1ccccc1)C(C)C. The van der Waals surface area contributed by atoms with Gasteiger partial charge in [0.2, 0.25) is 23.5 Å². The van der Waals surface area contributed by atoms with E-state index >= 15 is 0 Å². The summed E-state index contributed by atoms with van der Waals surface area (Å²) in [7, 11) is 0. The van der Waals surface area contributed by atoms with Gasteiger partial charge in [0.05, 0.1) is 6.04 Å². The number of carbonyl (C=O) groups is 7. The highest BCUT2D eigenvalue weighted by Gasteiger charge is 2.40. The molecule has 4 N–H and O–H groups in total. The number of hydrogen-bond donors (Lipinski definition) is 4. The van der Waals surface area contributed by atoms with Crippen molar-refractivity contribution in [2.75, 3.05) is 13.1 Å². The number of alkyl carbamates (subject to hydrolysis) is 1. The first-order valence-corrected chi connectivity index (χ1v) is 18.5. The van der Waals surface area contributed by atoms with E-state index in [4.69, 9.17) is 9.47 Å². The lowest BCUT2D eigenvalue weighted by molar-refractivity contribution is -0.147. The first kappa shape index (κ1) is 42.9. The van der Waals surface area contributed by atoms with Crippen LogP contribution < -0.4 is 21.3 Å². The van der Waals surface area contributed by atoms with Gasteiger partial charge in [0, 0.05) is 19.5 Å². The summed E-state index contributed by atoms with van der Waals surface area (Å²) in [6, 6.07) is 14.1. The number of nitrogens with one attached hydrogen (secondary N) is 4. The smallest absolute Gasteiger partial charge is 0.408 e. The van der Waals surface area contributed by atoms with E-state index in [9.17, 15) is 33.6 Å². The van der Waals surface area contributed by atoms with Gasteiger partial charge in [-0.2, -0.15) is 0 Å². The van der Waals surface area contributed by atoms with Gasteiger partial charge in [-0.25, -0.2) is 9.59 Å². The molecule has 5 amide bonds. The van der Waals surface area contributed by atoms with Gasteiger partial charge in [0.15, 0.2) is 0 Å². The average Bonchev–Trinajstić information content (AvgIpc) is 3.67. The molecule has 1 aliphatic heterocycles. The van der Waals surface area contributed by atoms with Crippen molar-refractivity contribution in [2.45, 2.75) is 103 Å². The van der Waals surface area contributed by atoms with Crippen molar-refractivity contribution in [2.24, 2.45) is 5.92 Å². The average molecular weight is 748 g/mol. The summed E-state index contributed by atoms with van der Waals surface area (Å²) in [5.74, 6) is -4.07. The van der Waals surface area contributed by atoms with Crippen LogP contribution in [0.2, 0.25) is 0 Å². The standard InChI is InChI=1S/C40H53N5O9/c1-5-15-30(35(47)37(49)41-23-6-2)42-36(48)32-21-14-24-45(32)38(50)34(27(3)4)44-33(46)22-13-20-31(39(51)53-25-28-16-9-7-10-17-28)43-40(52)54-26-29-18-11-8-12-19-29/h6-12,16-19,27,30-32,34H,2,5,13-15,20-26H2,1,3-4H3,(H,41,49)(H,42,48)(H,43,52)(H,44,46)/t30-,31-,32-,34-/m0/s1. The Bertz CT molecular complexity index is 1580. The molecule has 0 bridgehead atoms. The zero-order chi connectivity index (χ0) is 39.5. The van der Waals surface area contributed by atoms with Crippen LogP contribution >= 0.6 is 0 Å². The number of nitrogens with zero attached hydrogens (tertiary/aromatic N) is 1. The van der Waals surface area contributed by atoms with Crippen LogP contribution in [0.15, 0.2) is 73.3 Å². The van der Waals surface area contributed by atoms with Crippen molar-refractivity contribution in [3.8, 4) is 0 Å². The molecule has 292 valence electrons. The fourth-order valence-electron chi connectivity index (χ4n) is 5.93. The lowest BCUT2D eigenvalue weighted by Gasteiger charge is -2.31. The number of rotatable bonds is 21. The molecule has 3 rings (SSSR count). The monoisotopic (exact) mass is 747 g/mol. The van der Waals surface area contributed by atoms with Crippen LogP contribution in [0.5, 0.6) is 0 Å². The molecule has 0 aromatic heterocycles. The second-order valence-corrected chi connectivity index (χ2v) is 13.4. The van der Waals surface area contributed by atoms with Crippen LogP contribution in [-0.4, -0.2) is 83.6 Å². The third kappa shape index (κ3) is 13.8. The Morgan fingerprint density at radius 3 is 2.07 bits per heavy atom. The molecule has 54 heavy (non-hydrogen) atoms. The van der Waals surface area contributed by atoms with Crippen molar-refractivity contribution >= 4 is 41.5 Å². The summed E-state index contributed by atoms with van der Waals surface area (Å²) in [5.41, 5.74) is 1.53. The molecular formula is C40H53N5O9. The lowest BCUT2D eigenvalue weighted by atomic mass is 10.0. The van der Waals surface area contributed by atoms with Gasteiger partial charge >= 0.3 is 12.1 Å². The molecule has 2 aromatic carbocycles. The Morgan fingerprint density at radius 1 is 0.852 bits per heavy atom. The molecule has 0 unspecified atom stereocenters. The summed E-state index contributed by atoms with van der Waals surface area (Å²) >= 11 is 0. The molecular weight excluding hydrogens is 694 g/mol. The van der Waals surface area contributed by atoms with Crippen LogP contribution in [-0.2, 0) is 51.5 Å². The van der Waals surface area contributed by atoms with E-state index in [1.165, 1.54) is 11.0 Å². The van der Waals surface area contributed by atoms with E-state index in [1.807, 2.05) is 43.3 Å². The van der Waals surface area contributed by atoms with Gasteiger partial charge in [-0.15, -0.1) is 6.58 Å². The molecule has 4 atom stereocenters. The van der Waals surface area contributed by atoms with Crippen molar-refractivity contribution in [1.29, 1.82) is 0 Å². The van der Waals surface area contributed by atoms with E-state index < -0.39 is 65.6 Å². The predicted octanol–water partition coefficient (Wildman–Crippen LogP) is 3.48. The minimum absolute atomic E-state index is 0.00425. The maximum absolute atomic E-state index is 13.8. The normalized spacial score (nSPS) is 15.3. The zero-order valence-corrected chi connectivity index (χ0v) is 31.3. The second kappa shape index (κ2) is 22.5. The summed E-state index contributed by atoms with van der Waals surface area (Å²) in [6.07, 6.45) is 2.44. The summed E-state index contributed by atoms with van der Waals surface area (Å²) in [5, 5.41) is 10.5. The molecule has 0 saturated carbocycles. The van der Waals surface area contributed by atoms with E-state index in [0.717, 1.165) is 11.1 Å². The van der Waals surface area contributed by atoms with Gasteiger partial charge in [-0.1, -0.05) is 93.9 Å². The van der Waals surface area contributed by atoms with Crippen LogP contribution in [0.4, 0.5) is 4.79 Å². The van der Waals surface area contributed by atoms with Gasteiger partial charge in [-0.3, -0.25) is 24.0 Å². The van der Waals surface area contributed by atoms with E-state index in [1.54, 1.807) is 38.1 Å². The molecule has 14 heteroatoms. The second-order valence-electron chi connectivity index (χ2n) is 13.4. The third-order valence-corrected chi connectivity index (χ3v) is 8.84. The fraction of sp³-hybridized carbons (Fsp3) is 0.475. The van der Waals surface area contributed by atoms with E-state index in [0.29, 0.717) is 19.3 Å². The number of Topliss-reactive ketones (excluding diaryl/α,β-unsaturated/α-hetero) is 1. The maximum atomic E-state index is 13.8. The Kier molecular flexibility index (Phi) is 17.9. The molecule has 1 saturated heterocycles. The molecule has 0 spiro atoms. The highest BCUT2D eigenvalue weighted by atomic mass is 16.6. The van der Waals surface area contributed by atoms with Crippen LogP contribution in [0, 0.1) is 5.92 Å². The number of amides is 5. The number of carbonyl (C=O) groups excluding carboxylic acids is 7. The van der Waals surface area contributed by atoms with Crippen LogP contribution in [0.3, 0.4) is 0 Å². The topological polar surface area (TPSA) is 189 Å². The highest BCUT2D eigenvalue weighted by molar-refractivity contribution is 6.38. The fourth-order valence-corrected chi connectivity index (χ4v) is 5.93. The van der Waals surface area contributed by atoms with Crippen molar-refractivity contribution in [3.05, 3.63) is 84.4 Å². The van der Waals surface area contributed by atoms with Crippen molar-refractivity contribution in [1.82, 2.24) is 26.2 Å². The van der Waals surface area contributed by atoms with Gasteiger partial charge in [-0.05, 0) is 49.1 Å². The van der Waals surface area contributed by atoms with Crippen LogP contribution in [0.1, 0.15) is 76.8 Å². The molecule has 1 fully saturated rings. The molecule has 0 aliphatic carbocycles. The number of ketones is 1. The van der Waals surface area contributed by atoms with Crippen LogP contribution in [0.25, 0.3) is 0 Å². The molecule has 1 heterocycles. The summed E-state index contributed by atoms with van der Waals surface area (Å²) in [4.78, 5) is 92.7. The first-order chi connectivity index (χ1) is 25.9. The molecule has 2 aromatic rings. The van der Waals surface area contributed by atoms with Crippen molar-refractivity contribution in [3.63, 3.8) is 0 Å². The number of likely N-dealkylation sites (tertiary alicyclic amines) is 1. The summed E-state index contributed by atoms with van der Waals surface area (Å²) in [6.45, 7) is 9.26.